The molecule has 0 fully saturated rings. The second-order valence-electron chi connectivity index (χ2n) is 5.71. The van der Waals surface area contributed by atoms with E-state index in [2.05, 4.69) is 44.1 Å². The zero-order chi connectivity index (χ0) is 17.6. The van der Waals surface area contributed by atoms with Gasteiger partial charge in [0.2, 0.25) is 0 Å². The number of anilines is 1. The van der Waals surface area contributed by atoms with Crippen LogP contribution in [-0.2, 0) is 13.1 Å². The normalized spacial score (nSPS) is 10.6. The Bertz CT molecular complexity index is 894. The number of hydrogen-bond donors (Lipinski definition) is 3. The quantitative estimate of drug-likeness (QED) is 0.644. The van der Waals surface area contributed by atoms with Crippen LogP contribution >= 0.6 is 0 Å². The number of rotatable bonds is 6. The summed E-state index contributed by atoms with van der Waals surface area (Å²) in [5.74, 6) is 0.560. The van der Waals surface area contributed by atoms with Crippen molar-refractivity contribution in [3.05, 3.63) is 65.5 Å². The van der Waals surface area contributed by atoms with Gasteiger partial charge in [0.1, 0.15) is 12.1 Å². The molecule has 0 atom stereocenters. The van der Waals surface area contributed by atoms with Crippen molar-refractivity contribution in [2.45, 2.75) is 13.1 Å². The summed E-state index contributed by atoms with van der Waals surface area (Å²) in [6, 6.07) is 13.9. The molecule has 0 aliphatic heterocycles. The number of hydrogen-bond acceptors (Lipinski definition) is 5. The predicted molar refractivity (Wildman–Crippen MR) is 99.5 cm³/mol. The topological polar surface area (TPSA) is 78.9 Å². The largest absolute Gasteiger partial charge is 0.365 e. The first-order chi connectivity index (χ1) is 12.2. The fraction of sp³-hybridized carbons (Fsp3) is 0.211. The second-order valence-corrected chi connectivity index (χ2v) is 5.71. The van der Waals surface area contributed by atoms with Crippen LogP contribution in [-0.4, -0.2) is 30.0 Å². The number of fused-ring (bicyclic) bond motifs is 1. The molecule has 3 aromatic rings. The van der Waals surface area contributed by atoms with Gasteiger partial charge in [0, 0.05) is 25.5 Å². The molecule has 2 aromatic carbocycles. The second kappa shape index (κ2) is 7.72. The van der Waals surface area contributed by atoms with Gasteiger partial charge in [-0.05, 0) is 30.3 Å². The van der Waals surface area contributed by atoms with Crippen molar-refractivity contribution in [2.75, 3.05) is 19.4 Å². The van der Waals surface area contributed by atoms with Gasteiger partial charge < -0.3 is 16.0 Å². The van der Waals surface area contributed by atoms with Crippen LogP contribution in [0, 0.1) is 0 Å². The number of carbonyl (C=O) groups excluding carboxylic acids is 1. The fourth-order valence-corrected chi connectivity index (χ4v) is 2.79. The summed E-state index contributed by atoms with van der Waals surface area (Å²) in [5, 5.41) is 9.98. The molecule has 1 heterocycles. The van der Waals surface area contributed by atoms with Crippen molar-refractivity contribution in [1.82, 2.24) is 20.6 Å². The molecule has 3 rings (SSSR count). The van der Waals surface area contributed by atoms with Gasteiger partial charge in [0.05, 0.1) is 11.1 Å². The first-order valence-corrected chi connectivity index (χ1v) is 8.15. The minimum atomic E-state index is -0.157. The maximum absolute atomic E-state index is 12.0. The summed E-state index contributed by atoms with van der Waals surface area (Å²) in [6.45, 7) is 1.48. The molecule has 0 unspecified atom stereocenters. The number of carbonyl (C=O) groups is 1. The average molecular weight is 335 g/mol. The molecule has 0 radical (unpaired) electrons. The highest BCUT2D eigenvalue weighted by Crippen LogP contribution is 2.22. The van der Waals surface area contributed by atoms with Gasteiger partial charge >= 0.3 is 0 Å². The van der Waals surface area contributed by atoms with Crippen LogP contribution in [0.2, 0.25) is 0 Å². The monoisotopic (exact) mass is 335 g/mol. The van der Waals surface area contributed by atoms with Gasteiger partial charge in [-0.2, -0.15) is 0 Å². The zero-order valence-electron chi connectivity index (χ0n) is 14.3. The van der Waals surface area contributed by atoms with Crippen LogP contribution in [0.4, 0.5) is 5.82 Å². The molecular formula is C19H21N5O. The molecule has 1 aromatic heterocycles. The smallest absolute Gasteiger partial charge is 0.253 e. The fourth-order valence-electron chi connectivity index (χ4n) is 2.79. The van der Waals surface area contributed by atoms with E-state index in [-0.39, 0.29) is 5.91 Å². The van der Waals surface area contributed by atoms with E-state index in [1.165, 1.54) is 17.5 Å². The van der Waals surface area contributed by atoms with Crippen molar-refractivity contribution in [1.29, 1.82) is 0 Å². The van der Waals surface area contributed by atoms with Crippen molar-refractivity contribution in [2.24, 2.45) is 0 Å². The van der Waals surface area contributed by atoms with Gasteiger partial charge in [-0.3, -0.25) is 4.79 Å². The van der Waals surface area contributed by atoms with Crippen LogP contribution < -0.4 is 16.0 Å². The first-order valence-electron chi connectivity index (χ1n) is 8.15. The zero-order valence-corrected chi connectivity index (χ0v) is 14.3. The van der Waals surface area contributed by atoms with Crippen LogP contribution in [0.1, 0.15) is 21.5 Å². The standard InChI is InChI=1S/C19H21N5O/c1-20-10-13-5-3-6-14(9-13)11-22-18-15-7-4-8-16(19(25)21-2)17(15)23-12-24-18/h3-9,12,20H,10-11H2,1-2H3,(H,21,25)(H,22,23,24). The van der Waals surface area contributed by atoms with Crippen molar-refractivity contribution in [3.8, 4) is 0 Å². The maximum Gasteiger partial charge on any atom is 0.253 e. The maximum atomic E-state index is 12.0. The number of aromatic nitrogens is 2. The molecular weight excluding hydrogens is 314 g/mol. The van der Waals surface area contributed by atoms with E-state index in [1.807, 2.05) is 25.2 Å². The lowest BCUT2D eigenvalue weighted by molar-refractivity contribution is 0.0964. The first kappa shape index (κ1) is 16.9. The van der Waals surface area contributed by atoms with E-state index >= 15 is 0 Å². The lowest BCUT2D eigenvalue weighted by Crippen LogP contribution is -2.18. The number of nitrogens with one attached hydrogen (secondary N) is 3. The number of nitrogens with zero attached hydrogens (tertiary/aromatic N) is 2. The predicted octanol–water partition coefficient (Wildman–Crippen LogP) is 2.32. The van der Waals surface area contributed by atoms with E-state index in [0.29, 0.717) is 17.6 Å². The average Bonchev–Trinajstić information content (AvgIpc) is 2.66. The van der Waals surface area contributed by atoms with Crippen LogP contribution in [0.5, 0.6) is 0 Å². The minimum absolute atomic E-state index is 0.157. The van der Waals surface area contributed by atoms with Gasteiger partial charge in [-0.25, -0.2) is 9.97 Å². The Morgan fingerprint density at radius 1 is 1.00 bits per heavy atom. The van der Waals surface area contributed by atoms with Crippen molar-refractivity contribution >= 4 is 22.6 Å². The molecule has 0 spiro atoms. The third-order valence-electron chi connectivity index (χ3n) is 3.97. The molecule has 0 saturated carbocycles. The van der Waals surface area contributed by atoms with E-state index in [9.17, 15) is 4.79 Å². The van der Waals surface area contributed by atoms with Crippen LogP contribution in [0.15, 0.2) is 48.8 Å². The molecule has 6 heteroatoms. The summed E-state index contributed by atoms with van der Waals surface area (Å²) >= 11 is 0. The molecule has 0 bridgehead atoms. The lowest BCUT2D eigenvalue weighted by atomic mass is 10.1. The van der Waals surface area contributed by atoms with E-state index in [0.717, 1.165) is 17.7 Å². The summed E-state index contributed by atoms with van der Waals surface area (Å²) in [4.78, 5) is 20.6. The Hall–Kier alpha value is -2.99. The molecule has 25 heavy (non-hydrogen) atoms. The molecule has 6 nitrogen and oxygen atoms in total. The van der Waals surface area contributed by atoms with E-state index in [4.69, 9.17) is 0 Å². The summed E-state index contributed by atoms with van der Waals surface area (Å²) in [7, 11) is 3.54. The van der Waals surface area contributed by atoms with E-state index in [1.54, 1.807) is 13.1 Å². The highest BCUT2D eigenvalue weighted by molar-refractivity contribution is 6.07. The van der Waals surface area contributed by atoms with Crippen molar-refractivity contribution in [3.63, 3.8) is 0 Å². The summed E-state index contributed by atoms with van der Waals surface area (Å²) in [6.07, 6.45) is 1.48. The Morgan fingerprint density at radius 2 is 1.76 bits per heavy atom. The Balaban J connectivity index is 1.87. The lowest BCUT2D eigenvalue weighted by Gasteiger charge is -2.11. The third kappa shape index (κ3) is 3.75. The summed E-state index contributed by atoms with van der Waals surface area (Å²) in [5.41, 5.74) is 3.59. The molecule has 0 aliphatic rings. The van der Waals surface area contributed by atoms with Gasteiger partial charge in [-0.15, -0.1) is 0 Å². The van der Waals surface area contributed by atoms with E-state index < -0.39 is 0 Å². The Kier molecular flexibility index (Phi) is 5.20. The minimum Gasteiger partial charge on any atom is -0.365 e. The van der Waals surface area contributed by atoms with Gasteiger partial charge in [0.15, 0.2) is 0 Å². The SMILES string of the molecule is CNCc1cccc(CNc2ncnc3c(C(=O)NC)cccc23)c1. The van der Waals surface area contributed by atoms with Gasteiger partial charge in [0.25, 0.3) is 5.91 Å². The highest BCUT2D eigenvalue weighted by atomic mass is 16.1. The Morgan fingerprint density at radius 3 is 2.52 bits per heavy atom. The highest BCUT2D eigenvalue weighted by Gasteiger charge is 2.12. The van der Waals surface area contributed by atoms with Crippen LogP contribution in [0.3, 0.4) is 0 Å². The third-order valence-corrected chi connectivity index (χ3v) is 3.97. The Labute approximate surface area is 146 Å². The van der Waals surface area contributed by atoms with Crippen LogP contribution in [0.25, 0.3) is 10.9 Å². The van der Waals surface area contributed by atoms with Gasteiger partial charge in [-0.1, -0.05) is 30.3 Å². The van der Waals surface area contributed by atoms with Crippen molar-refractivity contribution < 1.29 is 4.79 Å². The molecule has 128 valence electrons. The number of benzene rings is 2. The number of amides is 1. The summed E-state index contributed by atoms with van der Waals surface area (Å²) < 4.78 is 0. The molecule has 3 N–H and O–H groups in total. The molecule has 1 amide bonds. The number of para-hydroxylation sites is 1. The molecule has 0 saturated heterocycles. The molecule has 0 aliphatic carbocycles.